The predicted octanol–water partition coefficient (Wildman–Crippen LogP) is 5.12. The van der Waals surface area contributed by atoms with Gasteiger partial charge in [0.15, 0.2) is 5.17 Å². The summed E-state index contributed by atoms with van der Waals surface area (Å²) in [6.07, 6.45) is 2.65. The van der Waals surface area contributed by atoms with Crippen LogP contribution in [0, 0.1) is 12.8 Å². The molecule has 0 bridgehead atoms. The normalized spacial score (nSPS) is 19.4. The molecule has 34 heavy (non-hydrogen) atoms. The molecule has 0 spiro atoms. The van der Waals surface area contributed by atoms with Crippen LogP contribution in [-0.4, -0.2) is 28.4 Å². The SMILES string of the molecule is CC1=C(C(=O)Nc2ccccc2)C(c2cccc(C)c2)N2C(CC(=O)NCC3CC3)=CSC2=N1. The van der Waals surface area contributed by atoms with Crippen molar-refractivity contribution in [1.29, 1.82) is 0 Å². The molecule has 6 nitrogen and oxygen atoms in total. The Labute approximate surface area is 204 Å². The van der Waals surface area contributed by atoms with Crippen molar-refractivity contribution in [1.82, 2.24) is 10.2 Å². The molecule has 0 aromatic heterocycles. The second-order valence-corrected chi connectivity index (χ2v) is 9.89. The molecular weight excluding hydrogens is 444 g/mol. The maximum atomic E-state index is 13.6. The third-order valence-electron chi connectivity index (χ3n) is 6.26. The summed E-state index contributed by atoms with van der Waals surface area (Å²) in [5, 5.41) is 8.88. The molecular formula is C27H28N4O2S. The minimum absolute atomic E-state index is 0.00422. The van der Waals surface area contributed by atoms with Crippen molar-refractivity contribution in [3.8, 4) is 0 Å². The van der Waals surface area contributed by atoms with Crippen molar-refractivity contribution in [2.75, 3.05) is 11.9 Å². The van der Waals surface area contributed by atoms with Crippen molar-refractivity contribution >= 4 is 34.4 Å². The van der Waals surface area contributed by atoms with Crippen molar-refractivity contribution in [2.24, 2.45) is 10.9 Å². The fourth-order valence-corrected chi connectivity index (χ4v) is 5.31. The lowest BCUT2D eigenvalue weighted by molar-refractivity contribution is -0.120. The Morgan fingerprint density at radius 1 is 1.09 bits per heavy atom. The maximum absolute atomic E-state index is 13.6. The van der Waals surface area contributed by atoms with E-state index in [1.807, 2.05) is 67.8 Å². The number of amidine groups is 1. The minimum Gasteiger partial charge on any atom is -0.355 e. The topological polar surface area (TPSA) is 73.8 Å². The Bertz CT molecular complexity index is 1210. The lowest BCUT2D eigenvalue weighted by atomic mass is 9.92. The van der Waals surface area contributed by atoms with Gasteiger partial charge in [-0.15, -0.1) is 0 Å². The van der Waals surface area contributed by atoms with Gasteiger partial charge in [-0.05, 0) is 55.7 Å². The molecule has 174 valence electrons. The molecule has 7 heteroatoms. The Kier molecular flexibility index (Phi) is 6.28. The van der Waals surface area contributed by atoms with Crippen LogP contribution in [0.15, 0.2) is 82.0 Å². The molecule has 1 unspecified atom stereocenters. The molecule has 1 aliphatic carbocycles. The molecule has 1 fully saturated rings. The largest absolute Gasteiger partial charge is 0.355 e. The molecule has 1 atom stereocenters. The highest BCUT2D eigenvalue weighted by molar-refractivity contribution is 8.16. The molecule has 0 saturated heterocycles. The van der Waals surface area contributed by atoms with E-state index >= 15 is 0 Å². The van der Waals surface area contributed by atoms with E-state index in [2.05, 4.69) is 21.6 Å². The number of amides is 2. The van der Waals surface area contributed by atoms with Crippen LogP contribution in [0.1, 0.15) is 43.4 Å². The van der Waals surface area contributed by atoms with Gasteiger partial charge in [-0.3, -0.25) is 9.59 Å². The first-order valence-electron chi connectivity index (χ1n) is 11.6. The molecule has 1 saturated carbocycles. The molecule has 2 aromatic carbocycles. The van der Waals surface area contributed by atoms with Crippen molar-refractivity contribution in [2.45, 2.75) is 39.2 Å². The number of thioether (sulfide) groups is 1. The fraction of sp³-hybridized carbons (Fsp3) is 0.296. The molecule has 2 heterocycles. The van der Waals surface area contributed by atoms with Crippen molar-refractivity contribution in [3.63, 3.8) is 0 Å². The highest BCUT2D eigenvalue weighted by atomic mass is 32.2. The quantitative estimate of drug-likeness (QED) is 0.586. The number of para-hydroxylation sites is 1. The lowest BCUT2D eigenvalue weighted by Crippen LogP contribution is -2.39. The molecule has 2 N–H and O–H groups in total. The van der Waals surface area contributed by atoms with Gasteiger partial charge in [0.1, 0.15) is 0 Å². The van der Waals surface area contributed by atoms with E-state index in [1.165, 1.54) is 24.6 Å². The van der Waals surface area contributed by atoms with E-state index < -0.39 is 0 Å². The van der Waals surface area contributed by atoms with E-state index in [-0.39, 0.29) is 24.3 Å². The Hall–Kier alpha value is -3.32. The smallest absolute Gasteiger partial charge is 0.255 e. The van der Waals surface area contributed by atoms with Crippen LogP contribution >= 0.6 is 11.8 Å². The average molecular weight is 473 g/mol. The van der Waals surface area contributed by atoms with Gasteiger partial charge in [0, 0.05) is 17.9 Å². The Balaban J connectivity index is 1.48. The van der Waals surface area contributed by atoms with Crippen LogP contribution < -0.4 is 10.6 Å². The van der Waals surface area contributed by atoms with Crippen LogP contribution in [0.4, 0.5) is 5.69 Å². The van der Waals surface area contributed by atoms with E-state index in [4.69, 9.17) is 4.99 Å². The number of aliphatic imine (C=N–C) groups is 1. The summed E-state index contributed by atoms with van der Waals surface area (Å²) in [4.78, 5) is 33.1. The first-order chi connectivity index (χ1) is 16.5. The lowest BCUT2D eigenvalue weighted by Gasteiger charge is -2.36. The molecule has 2 aliphatic heterocycles. The summed E-state index contributed by atoms with van der Waals surface area (Å²) < 4.78 is 0. The van der Waals surface area contributed by atoms with Crippen LogP contribution in [-0.2, 0) is 9.59 Å². The first kappa shape index (κ1) is 22.5. The zero-order chi connectivity index (χ0) is 23.7. The third-order valence-corrected chi connectivity index (χ3v) is 7.15. The first-order valence-corrected chi connectivity index (χ1v) is 12.5. The number of allylic oxidation sites excluding steroid dienone is 1. The molecule has 2 amide bonds. The molecule has 3 aliphatic rings. The average Bonchev–Trinajstić information content (AvgIpc) is 3.58. The number of nitrogens with one attached hydrogen (secondary N) is 2. The summed E-state index contributed by atoms with van der Waals surface area (Å²) >= 11 is 1.51. The number of carbonyl (C=O) groups excluding carboxylic acids is 2. The maximum Gasteiger partial charge on any atom is 0.255 e. The van der Waals surface area contributed by atoms with Gasteiger partial charge in [0.25, 0.3) is 5.91 Å². The van der Waals surface area contributed by atoms with Crippen LogP contribution in [0.5, 0.6) is 0 Å². The van der Waals surface area contributed by atoms with Crippen molar-refractivity contribution in [3.05, 3.63) is 88.1 Å². The van der Waals surface area contributed by atoms with E-state index in [0.717, 1.165) is 34.2 Å². The van der Waals surface area contributed by atoms with Gasteiger partial charge >= 0.3 is 0 Å². The number of benzene rings is 2. The van der Waals surface area contributed by atoms with Crippen LogP contribution in [0.2, 0.25) is 0 Å². The number of rotatable bonds is 7. The predicted molar refractivity (Wildman–Crippen MR) is 137 cm³/mol. The van der Waals surface area contributed by atoms with E-state index in [9.17, 15) is 9.59 Å². The van der Waals surface area contributed by atoms with Crippen LogP contribution in [0.25, 0.3) is 0 Å². The van der Waals surface area contributed by atoms with Gasteiger partial charge in [0.2, 0.25) is 5.91 Å². The standard InChI is InChI=1S/C27H28N4O2S/c1-17-7-6-8-20(13-17)25-24(26(33)30-21-9-4-3-5-10-21)18(2)29-27-31(25)22(16-34-27)14-23(32)28-15-19-11-12-19/h3-10,13,16,19,25H,11-12,14-15H2,1-2H3,(H,28,32)(H,30,33). The highest BCUT2D eigenvalue weighted by Gasteiger charge is 2.40. The summed E-state index contributed by atoms with van der Waals surface area (Å²) in [5.41, 5.74) is 4.98. The number of aryl methyl sites for hydroxylation is 1. The van der Waals surface area contributed by atoms with Crippen LogP contribution in [0.3, 0.4) is 0 Å². The monoisotopic (exact) mass is 472 g/mol. The summed E-state index contributed by atoms with van der Waals surface area (Å²) in [5.74, 6) is 0.443. The van der Waals surface area contributed by atoms with Gasteiger partial charge in [0.05, 0.1) is 23.7 Å². The highest BCUT2D eigenvalue weighted by Crippen LogP contribution is 2.45. The van der Waals surface area contributed by atoms with Gasteiger partial charge in [-0.25, -0.2) is 4.99 Å². The molecule has 2 aromatic rings. The van der Waals surface area contributed by atoms with Gasteiger partial charge in [-0.2, -0.15) is 0 Å². The zero-order valence-corrected chi connectivity index (χ0v) is 20.2. The number of fused-ring (bicyclic) bond motifs is 1. The van der Waals surface area contributed by atoms with Crippen molar-refractivity contribution < 1.29 is 9.59 Å². The summed E-state index contributed by atoms with van der Waals surface area (Å²) in [7, 11) is 0. The molecule has 5 rings (SSSR count). The number of hydrogen-bond acceptors (Lipinski definition) is 5. The van der Waals surface area contributed by atoms with E-state index in [0.29, 0.717) is 17.2 Å². The minimum atomic E-state index is -0.367. The number of anilines is 1. The number of hydrogen-bond donors (Lipinski definition) is 2. The van der Waals surface area contributed by atoms with E-state index in [1.54, 1.807) is 0 Å². The number of carbonyl (C=O) groups is 2. The zero-order valence-electron chi connectivity index (χ0n) is 19.4. The number of nitrogens with zero attached hydrogens (tertiary/aromatic N) is 2. The second-order valence-electron chi connectivity index (χ2n) is 9.05. The van der Waals surface area contributed by atoms with Gasteiger partial charge in [-0.1, -0.05) is 59.8 Å². The van der Waals surface area contributed by atoms with Gasteiger partial charge < -0.3 is 15.5 Å². The second kappa shape index (κ2) is 9.50. The Morgan fingerprint density at radius 3 is 2.62 bits per heavy atom. The molecule has 0 radical (unpaired) electrons. The fourth-order valence-electron chi connectivity index (χ4n) is 4.34. The Morgan fingerprint density at radius 2 is 1.88 bits per heavy atom. The summed E-state index contributed by atoms with van der Waals surface area (Å²) in [6, 6.07) is 17.3. The summed E-state index contributed by atoms with van der Waals surface area (Å²) in [6.45, 7) is 4.67. The third kappa shape index (κ3) is 4.80.